The van der Waals surface area contributed by atoms with Gasteiger partial charge in [0, 0.05) is 48.1 Å². The van der Waals surface area contributed by atoms with E-state index in [1.54, 1.807) is 24.5 Å². The number of rotatable bonds is 7. The summed E-state index contributed by atoms with van der Waals surface area (Å²) in [6.45, 7) is 3.25. The average Bonchev–Trinajstić information content (AvgIpc) is 3.01. The fourth-order valence-corrected chi connectivity index (χ4v) is 3.34. The van der Waals surface area contributed by atoms with Crippen LogP contribution in [0.2, 0.25) is 0 Å². The van der Waals surface area contributed by atoms with E-state index in [-0.39, 0.29) is 11.9 Å². The molecule has 0 aliphatic rings. The standard InChI is InChI=1S/C18H23F3N4OS/c1-12(8-15-6-4-13(2)27-15)25-17(22-3)24-10-14-5-7-16(23-9-14)26-11-18(19,20)21/h4-7,9,12H,8,10-11H2,1-3H3,(H2,22,24,25). The van der Waals surface area contributed by atoms with Crippen molar-refractivity contribution in [3.63, 3.8) is 0 Å². The van der Waals surface area contributed by atoms with Crippen molar-refractivity contribution in [3.8, 4) is 5.88 Å². The van der Waals surface area contributed by atoms with Gasteiger partial charge in [-0.1, -0.05) is 6.07 Å². The van der Waals surface area contributed by atoms with E-state index in [1.165, 1.54) is 22.0 Å². The molecule has 0 saturated heterocycles. The predicted molar refractivity (Wildman–Crippen MR) is 101 cm³/mol. The Hall–Kier alpha value is -2.29. The van der Waals surface area contributed by atoms with E-state index in [0.717, 1.165) is 12.0 Å². The van der Waals surface area contributed by atoms with Gasteiger partial charge in [-0.05, 0) is 31.5 Å². The number of aromatic nitrogens is 1. The highest BCUT2D eigenvalue weighted by Crippen LogP contribution is 2.17. The molecule has 0 bridgehead atoms. The van der Waals surface area contributed by atoms with E-state index in [2.05, 4.69) is 51.3 Å². The summed E-state index contributed by atoms with van der Waals surface area (Å²) < 4.78 is 41.0. The van der Waals surface area contributed by atoms with Crippen molar-refractivity contribution >= 4 is 17.3 Å². The van der Waals surface area contributed by atoms with Crippen LogP contribution in [0.5, 0.6) is 5.88 Å². The maximum Gasteiger partial charge on any atom is 0.422 e. The first kappa shape index (κ1) is 21.0. The van der Waals surface area contributed by atoms with Gasteiger partial charge in [-0.3, -0.25) is 4.99 Å². The molecule has 1 atom stereocenters. The molecule has 0 aliphatic carbocycles. The smallest absolute Gasteiger partial charge is 0.422 e. The minimum atomic E-state index is -4.38. The summed E-state index contributed by atoms with van der Waals surface area (Å²) in [6, 6.07) is 7.51. The Balaban J connectivity index is 1.79. The topological polar surface area (TPSA) is 58.5 Å². The summed E-state index contributed by atoms with van der Waals surface area (Å²) in [5, 5.41) is 6.48. The molecule has 2 heterocycles. The Morgan fingerprint density at radius 1 is 1.30 bits per heavy atom. The number of hydrogen-bond acceptors (Lipinski definition) is 4. The summed E-state index contributed by atoms with van der Waals surface area (Å²) in [5.41, 5.74) is 0.804. The van der Waals surface area contributed by atoms with Gasteiger partial charge in [-0.15, -0.1) is 11.3 Å². The van der Waals surface area contributed by atoms with E-state index in [0.29, 0.717) is 12.5 Å². The Kier molecular flexibility index (Phi) is 7.46. The van der Waals surface area contributed by atoms with Gasteiger partial charge in [0.25, 0.3) is 0 Å². The van der Waals surface area contributed by atoms with E-state index >= 15 is 0 Å². The molecule has 2 aromatic rings. The third-order valence-corrected chi connectivity index (χ3v) is 4.57. The number of guanidine groups is 1. The molecule has 5 nitrogen and oxygen atoms in total. The lowest BCUT2D eigenvalue weighted by Crippen LogP contribution is -2.42. The van der Waals surface area contributed by atoms with Gasteiger partial charge in [0.15, 0.2) is 12.6 Å². The van der Waals surface area contributed by atoms with Crippen molar-refractivity contribution in [1.29, 1.82) is 0 Å². The van der Waals surface area contributed by atoms with E-state index in [9.17, 15) is 13.2 Å². The minimum Gasteiger partial charge on any atom is -0.468 e. The molecule has 0 aromatic carbocycles. The second-order valence-corrected chi connectivity index (χ2v) is 7.47. The van der Waals surface area contributed by atoms with Gasteiger partial charge in [0.05, 0.1) is 0 Å². The lowest BCUT2D eigenvalue weighted by Gasteiger charge is -2.17. The van der Waals surface area contributed by atoms with E-state index in [1.807, 2.05) is 0 Å². The molecule has 0 spiro atoms. The van der Waals surface area contributed by atoms with E-state index in [4.69, 9.17) is 0 Å². The third-order valence-electron chi connectivity index (χ3n) is 3.55. The van der Waals surface area contributed by atoms with Crippen molar-refractivity contribution in [2.45, 2.75) is 39.0 Å². The van der Waals surface area contributed by atoms with Gasteiger partial charge in [0.1, 0.15) is 0 Å². The Morgan fingerprint density at radius 3 is 2.63 bits per heavy atom. The molecule has 2 rings (SSSR count). The molecule has 148 valence electrons. The van der Waals surface area contributed by atoms with Crippen molar-refractivity contribution in [2.75, 3.05) is 13.7 Å². The van der Waals surface area contributed by atoms with Gasteiger partial charge >= 0.3 is 6.18 Å². The zero-order chi connectivity index (χ0) is 19.9. The number of ether oxygens (including phenoxy) is 1. The van der Waals surface area contributed by atoms with Gasteiger partial charge in [-0.25, -0.2) is 4.98 Å². The molecule has 0 radical (unpaired) electrons. The quantitative estimate of drug-likeness (QED) is 0.550. The number of alkyl halides is 3. The zero-order valence-corrected chi connectivity index (χ0v) is 16.2. The van der Waals surface area contributed by atoms with Crippen LogP contribution in [0.4, 0.5) is 13.2 Å². The first-order valence-corrected chi connectivity index (χ1v) is 9.24. The molecule has 2 aromatic heterocycles. The number of thiophene rings is 1. The van der Waals surface area contributed by atoms with Crippen molar-refractivity contribution in [3.05, 3.63) is 45.8 Å². The molecule has 0 amide bonds. The molecule has 9 heteroatoms. The maximum absolute atomic E-state index is 12.1. The normalized spacial score (nSPS) is 13.3. The van der Waals surface area contributed by atoms with Crippen LogP contribution in [0.3, 0.4) is 0 Å². The van der Waals surface area contributed by atoms with Gasteiger partial charge in [-0.2, -0.15) is 13.2 Å². The SMILES string of the molecule is CN=C(NCc1ccc(OCC(F)(F)F)nc1)NC(C)Cc1ccc(C)s1. The summed E-state index contributed by atoms with van der Waals surface area (Å²) in [5.74, 6) is 0.589. The zero-order valence-electron chi connectivity index (χ0n) is 15.4. The highest BCUT2D eigenvalue weighted by Gasteiger charge is 2.28. The predicted octanol–water partition coefficient (Wildman–Crippen LogP) is 3.69. The van der Waals surface area contributed by atoms with E-state index < -0.39 is 12.8 Å². The van der Waals surface area contributed by atoms with Crippen LogP contribution < -0.4 is 15.4 Å². The minimum absolute atomic E-state index is 0.0570. The molecule has 0 aliphatic heterocycles. The largest absolute Gasteiger partial charge is 0.468 e. The summed E-state index contributed by atoms with van der Waals surface area (Å²) >= 11 is 1.78. The molecule has 0 fully saturated rings. The first-order chi connectivity index (χ1) is 12.7. The number of hydrogen-bond donors (Lipinski definition) is 2. The fraction of sp³-hybridized carbons (Fsp3) is 0.444. The number of halogens is 3. The highest BCUT2D eigenvalue weighted by molar-refractivity contribution is 7.11. The van der Waals surface area contributed by atoms with Crippen LogP contribution in [-0.2, 0) is 13.0 Å². The van der Waals surface area contributed by atoms with Gasteiger partial charge < -0.3 is 15.4 Å². The molecule has 1 unspecified atom stereocenters. The van der Waals surface area contributed by atoms with Crippen LogP contribution in [0.15, 0.2) is 35.5 Å². The van der Waals surface area contributed by atoms with Crippen LogP contribution in [0.1, 0.15) is 22.2 Å². The number of aryl methyl sites for hydroxylation is 1. The molecule has 2 N–H and O–H groups in total. The summed E-state index contributed by atoms with van der Waals surface area (Å²) in [6.07, 6.45) is -2.01. The van der Waals surface area contributed by atoms with Crippen molar-refractivity contribution in [1.82, 2.24) is 15.6 Å². The third kappa shape index (κ3) is 7.86. The summed E-state index contributed by atoms with van der Waals surface area (Å²) in [7, 11) is 1.68. The lowest BCUT2D eigenvalue weighted by atomic mass is 10.2. The monoisotopic (exact) mass is 400 g/mol. The van der Waals surface area contributed by atoms with Crippen LogP contribution in [-0.4, -0.2) is 36.8 Å². The Morgan fingerprint density at radius 2 is 2.07 bits per heavy atom. The second kappa shape index (κ2) is 9.59. The van der Waals surface area contributed by atoms with Crippen LogP contribution in [0.25, 0.3) is 0 Å². The number of pyridine rings is 1. The highest BCUT2D eigenvalue weighted by atomic mass is 32.1. The molecular weight excluding hydrogens is 377 g/mol. The average molecular weight is 400 g/mol. The Labute approximate surface area is 160 Å². The van der Waals surface area contributed by atoms with Crippen molar-refractivity contribution in [2.24, 2.45) is 4.99 Å². The van der Waals surface area contributed by atoms with Crippen LogP contribution in [0, 0.1) is 6.92 Å². The molecule has 0 saturated carbocycles. The number of aliphatic imine (C=N–C) groups is 1. The molecular formula is C18H23F3N4OS. The maximum atomic E-state index is 12.1. The van der Waals surface area contributed by atoms with Crippen molar-refractivity contribution < 1.29 is 17.9 Å². The number of nitrogens with one attached hydrogen (secondary N) is 2. The Bertz CT molecular complexity index is 744. The molecule has 27 heavy (non-hydrogen) atoms. The second-order valence-electron chi connectivity index (χ2n) is 6.10. The first-order valence-electron chi connectivity index (χ1n) is 8.42. The summed E-state index contributed by atoms with van der Waals surface area (Å²) in [4.78, 5) is 10.7. The fourth-order valence-electron chi connectivity index (χ4n) is 2.32. The van der Waals surface area contributed by atoms with Crippen LogP contribution >= 0.6 is 11.3 Å². The number of nitrogens with zero attached hydrogens (tertiary/aromatic N) is 2. The lowest BCUT2D eigenvalue weighted by molar-refractivity contribution is -0.154. The van der Waals surface area contributed by atoms with Gasteiger partial charge in [0.2, 0.25) is 5.88 Å².